The summed E-state index contributed by atoms with van der Waals surface area (Å²) in [6.07, 6.45) is 3.75. The number of carbonyl (C=O) groups excluding carboxylic acids is 1. The minimum atomic E-state index is -0.376. The van der Waals surface area contributed by atoms with Gasteiger partial charge in [0, 0.05) is 18.0 Å². The van der Waals surface area contributed by atoms with Crippen LogP contribution >= 0.6 is 0 Å². The van der Waals surface area contributed by atoms with Crippen LogP contribution in [0.2, 0.25) is 0 Å². The average molecular weight is 284 g/mol. The van der Waals surface area contributed by atoms with Gasteiger partial charge in [0.15, 0.2) is 0 Å². The van der Waals surface area contributed by atoms with Crippen molar-refractivity contribution in [2.45, 2.75) is 27.4 Å². The molecule has 5 nitrogen and oxygen atoms in total. The van der Waals surface area contributed by atoms with E-state index in [9.17, 15) is 4.79 Å². The van der Waals surface area contributed by atoms with Crippen LogP contribution in [0, 0.1) is 20.8 Å². The highest BCUT2D eigenvalue weighted by Gasteiger charge is 2.20. The van der Waals surface area contributed by atoms with Gasteiger partial charge in [-0.2, -0.15) is 0 Å². The van der Waals surface area contributed by atoms with E-state index in [0.29, 0.717) is 17.0 Å². The number of aryl methyl sites for hydroxylation is 2. The molecule has 0 aliphatic carbocycles. The van der Waals surface area contributed by atoms with Gasteiger partial charge >= 0.3 is 5.97 Å². The van der Waals surface area contributed by atoms with Gasteiger partial charge in [-0.3, -0.25) is 0 Å². The van der Waals surface area contributed by atoms with Crippen molar-refractivity contribution in [3.8, 4) is 0 Å². The minimum Gasteiger partial charge on any atom is -0.465 e. The van der Waals surface area contributed by atoms with Crippen molar-refractivity contribution in [3.05, 3.63) is 58.9 Å². The fourth-order valence-electron chi connectivity index (χ4n) is 2.36. The quantitative estimate of drug-likeness (QED) is 0.693. The molecule has 3 aromatic rings. The van der Waals surface area contributed by atoms with Crippen LogP contribution in [0.3, 0.4) is 0 Å². The molecular weight excluding hydrogens is 268 g/mol. The van der Waals surface area contributed by atoms with Crippen molar-refractivity contribution in [1.29, 1.82) is 0 Å². The van der Waals surface area contributed by atoms with Crippen LogP contribution in [0.5, 0.6) is 0 Å². The van der Waals surface area contributed by atoms with E-state index in [2.05, 4.69) is 4.98 Å². The number of pyridine rings is 1. The molecule has 108 valence electrons. The average Bonchev–Trinajstić information content (AvgIpc) is 2.97. The third-order valence-electron chi connectivity index (χ3n) is 3.53. The Morgan fingerprint density at radius 2 is 2.10 bits per heavy atom. The monoisotopic (exact) mass is 284 g/mol. The highest BCUT2D eigenvalue weighted by molar-refractivity contribution is 5.92. The maximum atomic E-state index is 12.2. The van der Waals surface area contributed by atoms with Crippen molar-refractivity contribution in [3.63, 3.8) is 0 Å². The summed E-state index contributed by atoms with van der Waals surface area (Å²) >= 11 is 0. The van der Waals surface area contributed by atoms with Crippen LogP contribution in [0.25, 0.3) is 5.65 Å². The molecule has 0 atom stereocenters. The summed E-state index contributed by atoms with van der Waals surface area (Å²) in [4.78, 5) is 16.6. The summed E-state index contributed by atoms with van der Waals surface area (Å²) in [7, 11) is 0. The summed E-state index contributed by atoms with van der Waals surface area (Å²) in [6, 6.07) is 5.74. The Morgan fingerprint density at radius 1 is 1.29 bits per heavy atom. The Bertz CT molecular complexity index is 781. The van der Waals surface area contributed by atoms with Crippen molar-refractivity contribution in [1.82, 2.24) is 9.38 Å². The molecule has 21 heavy (non-hydrogen) atoms. The lowest BCUT2D eigenvalue weighted by atomic mass is 10.1. The maximum absolute atomic E-state index is 12.2. The zero-order chi connectivity index (χ0) is 15.0. The molecule has 0 amide bonds. The number of nitrogens with zero attached hydrogens (tertiary/aromatic N) is 2. The molecule has 0 aliphatic rings. The van der Waals surface area contributed by atoms with Crippen LogP contribution in [0.4, 0.5) is 0 Å². The Labute approximate surface area is 122 Å². The summed E-state index contributed by atoms with van der Waals surface area (Å²) in [6.45, 7) is 5.60. The lowest BCUT2D eigenvalue weighted by molar-refractivity contribution is 0.0465. The first-order valence-electron chi connectivity index (χ1n) is 6.72. The SMILES string of the molecule is Cc1oc(C)c(C(=O)OCc2cn3ccccc3n2)c1C. The van der Waals surface area contributed by atoms with Gasteiger partial charge < -0.3 is 13.6 Å². The van der Waals surface area contributed by atoms with E-state index in [1.807, 2.05) is 48.8 Å². The predicted octanol–water partition coefficient (Wildman–Crippen LogP) is 3.21. The highest BCUT2D eigenvalue weighted by Crippen LogP contribution is 2.21. The summed E-state index contributed by atoms with van der Waals surface area (Å²) in [5.41, 5.74) is 2.88. The first-order valence-corrected chi connectivity index (χ1v) is 6.72. The fraction of sp³-hybridized carbons (Fsp3) is 0.250. The summed E-state index contributed by atoms with van der Waals surface area (Å²) in [5, 5.41) is 0. The van der Waals surface area contributed by atoms with Gasteiger partial charge in [0.25, 0.3) is 0 Å². The topological polar surface area (TPSA) is 56.7 Å². The summed E-state index contributed by atoms with van der Waals surface area (Å²) < 4.78 is 12.7. The van der Waals surface area contributed by atoms with Crippen LogP contribution in [-0.2, 0) is 11.3 Å². The van der Waals surface area contributed by atoms with Gasteiger partial charge in [0.2, 0.25) is 0 Å². The van der Waals surface area contributed by atoms with Crippen molar-refractivity contribution >= 4 is 11.6 Å². The lowest BCUT2D eigenvalue weighted by Gasteiger charge is -2.02. The van der Waals surface area contributed by atoms with Gasteiger partial charge in [0.1, 0.15) is 29.3 Å². The Balaban J connectivity index is 1.76. The van der Waals surface area contributed by atoms with E-state index in [1.54, 1.807) is 6.92 Å². The molecule has 0 spiro atoms. The maximum Gasteiger partial charge on any atom is 0.342 e. The molecule has 0 radical (unpaired) electrons. The van der Waals surface area contributed by atoms with Crippen molar-refractivity contribution in [2.75, 3.05) is 0 Å². The Hall–Kier alpha value is -2.56. The number of ether oxygens (including phenoxy) is 1. The number of carbonyl (C=O) groups is 1. The molecular formula is C16H16N2O3. The molecule has 0 aromatic carbocycles. The number of rotatable bonds is 3. The number of imidazole rings is 1. The second kappa shape index (κ2) is 5.09. The molecule has 0 saturated carbocycles. The van der Waals surface area contributed by atoms with Gasteiger partial charge in [-0.15, -0.1) is 0 Å². The van der Waals surface area contributed by atoms with E-state index in [0.717, 1.165) is 17.0 Å². The second-order valence-electron chi connectivity index (χ2n) is 4.99. The Kier molecular flexibility index (Phi) is 3.25. The molecule has 0 bridgehead atoms. The van der Waals surface area contributed by atoms with Crippen LogP contribution < -0.4 is 0 Å². The third kappa shape index (κ3) is 2.42. The van der Waals surface area contributed by atoms with Gasteiger partial charge in [-0.25, -0.2) is 9.78 Å². The largest absolute Gasteiger partial charge is 0.465 e. The van der Waals surface area contributed by atoms with Crippen LogP contribution in [0.15, 0.2) is 35.0 Å². The normalized spacial score (nSPS) is 11.0. The molecule has 0 unspecified atom stereocenters. The van der Waals surface area contributed by atoms with Crippen molar-refractivity contribution in [2.24, 2.45) is 0 Å². The Morgan fingerprint density at radius 3 is 2.76 bits per heavy atom. The second-order valence-corrected chi connectivity index (χ2v) is 4.99. The highest BCUT2D eigenvalue weighted by atomic mass is 16.5. The van der Waals surface area contributed by atoms with E-state index >= 15 is 0 Å². The first kappa shape index (κ1) is 13.4. The standard InChI is InChI=1S/C16H16N2O3/c1-10-11(2)21-12(3)15(10)16(19)20-9-13-8-18-7-5-4-6-14(18)17-13/h4-8H,9H2,1-3H3. The lowest BCUT2D eigenvalue weighted by Crippen LogP contribution is -2.07. The van der Waals surface area contributed by atoms with E-state index < -0.39 is 0 Å². The molecule has 5 heteroatoms. The number of fused-ring (bicyclic) bond motifs is 1. The number of hydrogen-bond donors (Lipinski definition) is 0. The number of aromatic nitrogens is 2. The number of esters is 1. The molecule has 0 saturated heterocycles. The number of hydrogen-bond acceptors (Lipinski definition) is 4. The predicted molar refractivity (Wildman–Crippen MR) is 77.2 cm³/mol. The molecule has 0 aliphatic heterocycles. The minimum absolute atomic E-state index is 0.142. The van der Waals surface area contributed by atoms with E-state index in [4.69, 9.17) is 9.15 Å². The summed E-state index contributed by atoms with van der Waals surface area (Å²) in [5.74, 6) is 0.955. The smallest absolute Gasteiger partial charge is 0.342 e. The third-order valence-corrected chi connectivity index (χ3v) is 3.53. The van der Waals surface area contributed by atoms with Gasteiger partial charge in [-0.05, 0) is 32.9 Å². The van der Waals surface area contributed by atoms with E-state index in [1.165, 1.54) is 0 Å². The molecule has 3 rings (SSSR count). The van der Waals surface area contributed by atoms with Crippen LogP contribution in [0.1, 0.15) is 33.1 Å². The van der Waals surface area contributed by atoms with Crippen LogP contribution in [-0.4, -0.2) is 15.4 Å². The van der Waals surface area contributed by atoms with Gasteiger partial charge in [-0.1, -0.05) is 6.07 Å². The molecule has 0 N–H and O–H groups in total. The zero-order valence-corrected chi connectivity index (χ0v) is 12.2. The molecule has 3 aromatic heterocycles. The zero-order valence-electron chi connectivity index (χ0n) is 12.2. The molecule has 0 fully saturated rings. The first-order chi connectivity index (χ1) is 10.1. The fourth-order valence-corrected chi connectivity index (χ4v) is 2.36. The molecule has 3 heterocycles. The number of furan rings is 1. The van der Waals surface area contributed by atoms with Gasteiger partial charge in [0.05, 0.1) is 5.69 Å². The van der Waals surface area contributed by atoms with Crippen molar-refractivity contribution < 1.29 is 13.9 Å². The van der Waals surface area contributed by atoms with E-state index in [-0.39, 0.29) is 12.6 Å².